The molecule has 0 aliphatic carbocycles. The lowest BCUT2D eigenvalue weighted by atomic mass is 10.3. The molecule has 0 fully saturated rings. The molecule has 11 heavy (non-hydrogen) atoms. The van der Waals surface area contributed by atoms with Crippen LogP contribution in [-0.4, -0.2) is 9.78 Å². The van der Waals surface area contributed by atoms with Gasteiger partial charge in [-0.05, 0) is 19.9 Å². The van der Waals surface area contributed by atoms with E-state index in [0.29, 0.717) is 0 Å². The molecule has 0 amide bonds. The van der Waals surface area contributed by atoms with E-state index >= 15 is 0 Å². The third-order valence-corrected chi connectivity index (χ3v) is 2.94. The van der Waals surface area contributed by atoms with Crippen molar-refractivity contribution in [2.75, 3.05) is 0 Å². The van der Waals surface area contributed by atoms with E-state index in [-0.39, 0.29) is 0 Å². The molecule has 2 nitrogen and oxygen atoms in total. The van der Waals surface area contributed by atoms with Crippen LogP contribution in [0.4, 0.5) is 0 Å². The predicted octanol–water partition coefficient (Wildman–Crippen LogP) is 2.25. The zero-order chi connectivity index (χ0) is 8.01. The summed E-state index contributed by atoms with van der Waals surface area (Å²) in [5.41, 5.74) is 1.13. The van der Waals surface area contributed by atoms with Gasteiger partial charge in [0.25, 0.3) is 0 Å². The largest absolute Gasteiger partial charge is 0.258 e. The zero-order valence-electron chi connectivity index (χ0n) is 6.88. The highest BCUT2D eigenvalue weighted by Crippen LogP contribution is 2.26. The maximum atomic E-state index is 4.32. The monoisotopic (exact) mass is 166 g/mol. The molecule has 0 aromatic carbocycles. The molecular formula is C8H10N2S. The molecule has 3 heteroatoms. The van der Waals surface area contributed by atoms with Crippen LogP contribution < -0.4 is 0 Å². The maximum Gasteiger partial charge on any atom is 0.121 e. The van der Waals surface area contributed by atoms with Crippen molar-refractivity contribution in [2.45, 2.75) is 13.8 Å². The third-order valence-electron chi connectivity index (χ3n) is 1.82. The van der Waals surface area contributed by atoms with Gasteiger partial charge >= 0.3 is 0 Å². The summed E-state index contributed by atoms with van der Waals surface area (Å²) in [6.07, 6.45) is 0. The van der Waals surface area contributed by atoms with Gasteiger partial charge in [-0.3, -0.25) is 4.68 Å². The molecule has 2 aromatic rings. The van der Waals surface area contributed by atoms with Gasteiger partial charge in [0.05, 0.1) is 5.69 Å². The lowest BCUT2D eigenvalue weighted by Gasteiger charge is -1.85. The van der Waals surface area contributed by atoms with Crippen LogP contribution in [0.2, 0.25) is 0 Å². The summed E-state index contributed by atoms with van der Waals surface area (Å²) in [5, 5.41) is 5.62. The molecule has 2 heterocycles. The summed E-state index contributed by atoms with van der Waals surface area (Å²) in [6, 6.07) is 2.20. The fourth-order valence-electron chi connectivity index (χ4n) is 1.33. The van der Waals surface area contributed by atoms with Crippen LogP contribution in [-0.2, 0) is 7.05 Å². The molecule has 0 spiro atoms. The SMILES string of the molecule is Cc1cc2c(C)nn(C)c2s1. The van der Waals surface area contributed by atoms with Crippen molar-refractivity contribution in [1.29, 1.82) is 0 Å². The van der Waals surface area contributed by atoms with Gasteiger partial charge in [-0.1, -0.05) is 0 Å². The molecule has 0 bridgehead atoms. The minimum atomic E-state index is 1.13. The molecular weight excluding hydrogens is 156 g/mol. The van der Waals surface area contributed by atoms with Crippen LogP contribution in [0.15, 0.2) is 6.07 Å². The summed E-state index contributed by atoms with van der Waals surface area (Å²) in [5.74, 6) is 0. The first-order chi connectivity index (χ1) is 5.18. The zero-order valence-corrected chi connectivity index (χ0v) is 7.70. The van der Waals surface area contributed by atoms with Gasteiger partial charge in [0.15, 0.2) is 0 Å². The Morgan fingerprint density at radius 2 is 2.18 bits per heavy atom. The van der Waals surface area contributed by atoms with Gasteiger partial charge in [-0.2, -0.15) is 5.10 Å². The Morgan fingerprint density at radius 3 is 2.82 bits per heavy atom. The molecule has 0 radical (unpaired) electrons. The standard InChI is InChI=1S/C8H10N2S/c1-5-4-7-6(2)9-10(3)8(7)11-5/h4H,1-3H3. The molecule has 0 saturated heterocycles. The van der Waals surface area contributed by atoms with Gasteiger partial charge in [0.1, 0.15) is 4.83 Å². The molecule has 58 valence electrons. The topological polar surface area (TPSA) is 17.8 Å². The number of aryl methyl sites for hydroxylation is 3. The van der Waals surface area contributed by atoms with E-state index in [4.69, 9.17) is 0 Å². The van der Waals surface area contributed by atoms with E-state index in [2.05, 4.69) is 25.0 Å². The maximum absolute atomic E-state index is 4.32. The first-order valence-corrected chi connectivity index (χ1v) is 4.40. The van der Waals surface area contributed by atoms with Gasteiger partial charge in [0, 0.05) is 17.3 Å². The quantitative estimate of drug-likeness (QED) is 0.587. The molecule has 0 N–H and O–H groups in total. The van der Waals surface area contributed by atoms with Gasteiger partial charge in [-0.25, -0.2) is 0 Å². The van der Waals surface area contributed by atoms with E-state index in [1.807, 2.05) is 11.7 Å². The summed E-state index contributed by atoms with van der Waals surface area (Å²) < 4.78 is 1.95. The van der Waals surface area contributed by atoms with Crippen molar-refractivity contribution in [3.63, 3.8) is 0 Å². The van der Waals surface area contributed by atoms with Crippen molar-refractivity contribution in [1.82, 2.24) is 9.78 Å². The van der Waals surface area contributed by atoms with E-state index in [9.17, 15) is 0 Å². The van der Waals surface area contributed by atoms with E-state index in [1.165, 1.54) is 15.1 Å². The van der Waals surface area contributed by atoms with Crippen LogP contribution in [0.3, 0.4) is 0 Å². The average Bonchev–Trinajstić information content (AvgIpc) is 2.38. The Hall–Kier alpha value is -0.830. The van der Waals surface area contributed by atoms with Crippen molar-refractivity contribution in [3.8, 4) is 0 Å². The second kappa shape index (κ2) is 2.08. The molecule has 2 rings (SSSR count). The van der Waals surface area contributed by atoms with Gasteiger partial charge in [-0.15, -0.1) is 11.3 Å². The third kappa shape index (κ3) is 0.878. The van der Waals surface area contributed by atoms with Gasteiger partial charge < -0.3 is 0 Å². The van der Waals surface area contributed by atoms with Crippen LogP contribution in [0, 0.1) is 13.8 Å². The Kier molecular flexibility index (Phi) is 1.29. The first-order valence-electron chi connectivity index (χ1n) is 3.58. The Labute approximate surface area is 69.5 Å². The molecule has 0 saturated carbocycles. The number of fused-ring (bicyclic) bond motifs is 1. The Bertz CT molecular complexity index is 363. The molecule has 0 unspecified atom stereocenters. The fourth-order valence-corrected chi connectivity index (χ4v) is 2.30. The Balaban J connectivity index is 2.92. The minimum Gasteiger partial charge on any atom is -0.258 e. The predicted molar refractivity (Wildman–Crippen MR) is 48.1 cm³/mol. The van der Waals surface area contributed by atoms with E-state index in [1.54, 1.807) is 11.3 Å². The summed E-state index contributed by atoms with van der Waals surface area (Å²) in [4.78, 5) is 2.64. The van der Waals surface area contributed by atoms with Crippen molar-refractivity contribution >= 4 is 21.6 Å². The van der Waals surface area contributed by atoms with E-state index < -0.39 is 0 Å². The first kappa shape index (κ1) is 6.85. The van der Waals surface area contributed by atoms with Crippen molar-refractivity contribution < 1.29 is 0 Å². The van der Waals surface area contributed by atoms with Crippen LogP contribution in [0.5, 0.6) is 0 Å². The molecule has 0 aliphatic heterocycles. The number of thiophene rings is 1. The summed E-state index contributed by atoms with van der Waals surface area (Å²) in [6.45, 7) is 4.18. The van der Waals surface area contributed by atoms with Crippen LogP contribution in [0.25, 0.3) is 10.2 Å². The van der Waals surface area contributed by atoms with E-state index in [0.717, 1.165) is 5.69 Å². The number of hydrogen-bond donors (Lipinski definition) is 0. The minimum absolute atomic E-state index is 1.13. The average molecular weight is 166 g/mol. The highest BCUT2D eigenvalue weighted by atomic mass is 32.1. The number of rotatable bonds is 0. The number of hydrogen-bond acceptors (Lipinski definition) is 2. The lowest BCUT2D eigenvalue weighted by Crippen LogP contribution is -1.87. The highest BCUT2D eigenvalue weighted by Gasteiger charge is 2.06. The second-order valence-corrected chi connectivity index (χ2v) is 4.02. The smallest absolute Gasteiger partial charge is 0.121 e. The highest BCUT2D eigenvalue weighted by molar-refractivity contribution is 7.18. The normalized spacial score (nSPS) is 11.2. The second-order valence-electron chi connectivity index (χ2n) is 2.78. The molecule has 2 aromatic heterocycles. The lowest BCUT2D eigenvalue weighted by molar-refractivity contribution is 0.788. The molecule has 0 atom stereocenters. The van der Waals surface area contributed by atoms with Crippen LogP contribution >= 0.6 is 11.3 Å². The summed E-state index contributed by atoms with van der Waals surface area (Å²) in [7, 11) is 1.99. The number of nitrogens with zero attached hydrogens (tertiary/aromatic N) is 2. The van der Waals surface area contributed by atoms with Gasteiger partial charge in [0.2, 0.25) is 0 Å². The Morgan fingerprint density at radius 1 is 1.45 bits per heavy atom. The van der Waals surface area contributed by atoms with Crippen LogP contribution in [0.1, 0.15) is 10.6 Å². The molecule has 0 aliphatic rings. The van der Waals surface area contributed by atoms with Crippen molar-refractivity contribution in [2.24, 2.45) is 7.05 Å². The van der Waals surface area contributed by atoms with Crippen molar-refractivity contribution in [3.05, 3.63) is 16.6 Å². The number of aromatic nitrogens is 2. The fraction of sp³-hybridized carbons (Fsp3) is 0.375. The summed E-state index contributed by atoms with van der Waals surface area (Å²) >= 11 is 1.80.